The molecule has 3 nitrogen and oxygen atoms in total. The minimum atomic E-state index is -0.445. The van der Waals surface area contributed by atoms with Gasteiger partial charge in [0.25, 0.3) is 0 Å². The molecule has 0 spiro atoms. The molecule has 0 unspecified atom stereocenters. The molecule has 1 saturated carbocycles. The molecule has 0 saturated heterocycles. The Morgan fingerprint density at radius 1 is 0.952 bits per heavy atom. The Morgan fingerprint density at radius 3 is 2.14 bits per heavy atom. The van der Waals surface area contributed by atoms with E-state index in [1.807, 2.05) is 54.6 Å². The summed E-state index contributed by atoms with van der Waals surface area (Å²) >= 11 is 0. The summed E-state index contributed by atoms with van der Waals surface area (Å²) in [7, 11) is 0. The third kappa shape index (κ3) is 3.26. The van der Waals surface area contributed by atoms with Gasteiger partial charge in [-0.15, -0.1) is 0 Å². The van der Waals surface area contributed by atoms with Gasteiger partial charge in [-0.25, -0.2) is 0 Å². The predicted octanol–water partition coefficient (Wildman–Crippen LogP) is 3.64. The van der Waals surface area contributed by atoms with E-state index in [2.05, 4.69) is 0 Å². The van der Waals surface area contributed by atoms with E-state index in [1.165, 1.54) is 6.42 Å². The van der Waals surface area contributed by atoms with Crippen molar-refractivity contribution in [2.24, 2.45) is 11.7 Å². The van der Waals surface area contributed by atoms with Gasteiger partial charge < -0.3 is 15.6 Å². The van der Waals surface area contributed by atoms with E-state index in [4.69, 9.17) is 10.5 Å². The molecule has 110 valence electrons. The van der Waals surface area contributed by atoms with Gasteiger partial charge in [0.2, 0.25) is 0 Å². The number of hydrogen-bond donors (Lipinski definition) is 2. The van der Waals surface area contributed by atoms with E-state index in [-0.39, 0.29) is 6.04 Å². The summed E-state index contributed by atoms with van der Waals surface area (Å²) in [6.45, 7) is 0. The second kappa shape index (κ2) is 6.29. The van der Waals surface area contributed by atoms with Crippen LogP contribution in [-0.2, 0) is 0 Å². The summed E-state index contributed by atoms with van der Waals surface area (Å²) in [5, 5.41) is 10.2. The summed E-state index contributed by atoms with van der Waals surface area (Å²) in [5.41, 5.74) is 7.11. The number of benzene rings is 2. The number of ether oxygens (including phenoxy) is 1. The maximum Gasteiger partial charge on any atom is 0.127 e. The molecule has 1 aliphatic rings. The van der Waals surface area contributed by atoms with E-state index >= 15 is 0 Å². The molecule has 1 aliphatic carbocycles. The zero-order chi connectivity index (χ0) is 14.7. The molecule has 0 aromatic heterocycles. The third-order valence-corrected chi connectivity index (χ3v) is 4.24. The Kier molecular flexibility index (Phi) is 4.23. The quantitative estimate of drug-likeness (QED) is 0.880. The highest BCUT2D eigenvalue weighted by Gasteiger charge is 2.30. The molecule has 21 heavy (non-hydrogen) atoms. The molecule has 2 aromatic rings. The summed E-state index contributed by atoms with van der Waals surface area (Å²) in [6.07, 6.45) is 2.94. The highest BCUT2D eigenvalue weighted by atomic mass is 16.5. The van der Waals surface area contributed by atoms with E-state index in [9.17, 15) is 5.11 Å². The van der Waals surface area contributed by atoms with Gasteiger partial charge in [0, 0.05) is 0 Å². The lowest BCUT2D eigenvalue weighted by atomic mass is 9.77. The lowest BCUT2D eigenvalue weighted by Gasteiger charge is -2.33. The van der Waals surface area contributed by atoms with E-state index in [0.29, 0.717) is 5.92 Å². The van der Waals surface area contributed by atoms with Crippen molar-refractivity contribution in [1.82, 2.24) is 0 Å². The van der Waals surface area contributed by atoms with Crippen LogP contribution in [-0.4, -0.2) is 11.2 Å². The third-order valence-electron chi connectivity index (χ3n) is 4.24. The first-order valence-electron chi connectivity index (χ1n) is 7.50. The predicted molar refractivity (Wildman–Crippen MR) is 83.2 cm³/mol. The lowest BCUT2D eigenvalue weighted by molar-refractivity contribution is 0.0413. The van der Waals surface area contributed by atoms with Gasteiger partial charge in [0.05, 0.1) is 12.1 Å². The van der Waals surface area contributed by atoms with Crippen LogP contribution < -0.4 is 10.5 Å². The van der Waals surface area contributed by atoms with Crippen molar-refractivity contribution in [2.45, 2.75) is 31.4 Å². The molecule has 2 atom stereocenters. The molecular weight excluding hydrogens is 262 g/mol. The van der Waals surface area contributed by atoms with Crippen LogP contribution in [0, 0.1) is 5.92 Å². The smallest absolute Gasteiger partial charge is 0.127 e. The molecule has 3 rings (SSSR count). The maximum absolute atomic E-state index is 10.2. The van der Waals surface area contributed by atoms with E-state index in [1.54, 1.807) is 0 Å². The summed E-state index contributed by atoms with van der Waals surface area (Å²) in [4.78, 5) is 0. The minimum Gasteiger partial charge on any atom is -0.457 e. The Bertz CT molecular complexity index is 564. The monoisotopic (exact) mass is 283 g/mol. The van der Waals surface area contributed by atoms with Crippen molar-refractivity contribution in [3.8, 4) is 11.5 Å². The summed E-state index contributed by atoms with van der Waals surface area (Å²) in [6, 6.07) is 17.0. The van der Waals surface area contributed by atoms with Gasteiger partial charge >= 0.3 is 0 Å². The minimum absolute atomic E-state index is 0.318. The number of hydrogen-bond acceptors (Lipinski definition) is 3. The first-order valence-corrected chi connectivity index (χ1v) is 7.50. The number of para-hydroxylation sites is 1. The van der Waals surface area contributed by atoms with Gasteiger partial charge in [0.1, 0.15) is 11.5 Å². The van der Waals surface area contributed by atoms with Crippen molar-refractivity contribution in [1.29, 1.82) is 0 Å². The molecular formula is C18H21NO2. The van der Waals surface area contributed by atoms with Crippen LogP contribution in [0.5, 0.6) is 11.5 Å². The Labute approximate surface area is 125 Å². The zero-order valence-corrected chi connectivity index (χ0v) is 12.0. The molecule has 0 heterocycles. The van der Waals surface area contributed by atoms with Crippen molar-refractivity contribution in [3.05, 3.63) is 60.2 Å². The topological polar surface area (TPSA) is 55.5 Å². The van der Waals surface area contributed by atoms with Crippen LogP contribution in [0.15, 0.2) is 54.6 Å². The molecule has 0 bridgehead atoms. The van der Waals surface area contributed by atoms with Gasteiger partial charge in [-0.2, -0.15) is 0 Å². The molecule has 0 aliphatic heterocycles. The van der Waals surface area contributed by atoms with Gasteiger partial charge in [0.15, 0.2) is 0 Å². The van der Waals surface area contributed by atoms with Crippen LogP contribution in [0.25, 0.3) is 0 Å². The fourth-order valence-corrected chi connectivity index (χ4v) is 2.65. The van der Waals surface area contributed by atoms with Gasteiger partial charge in [-0.3, -0.25) is 0 Å². The van der Waals surface area contributed by atoms with Crippen LogP contribution >= 0.6 is 0 Å². The van der Waals surface area contributed by atoms with Crippen molar-refractivity contribution < 1.29 is 9.84 Å². The first-order chi connectivity index (χ1) is 10.2. The maximum atomic E-state index is 10.2. The van der Waals surface area contributed by atoms with Gasteiger partial charge in [-0.05, 0) is 48.6 Å². The van der Waals surface area contributed by atoms with Crippen molar-refractivity contribution in [3.63, 3.8) is 0 Å². The standard InChI is InChI=1S/C18H21NO2/c19-17(18(20)14-5-4-6-14)13-9-11-16(12-10-13)21-15-7-2-1-3-8-15/h1-3,7-12,14,17-18,20H,4-6,19H2/t17-,18+/m1/s1. The molecule has 1 fully saturated rings. The summed E-state index contributed by atoms with van der Waals surface area (Å²) in [5.74, 6) is 1.94. The SMILES string of the molecule is N[C@H](c1ccc(Oc2ccccc2)cc1)[C@@H](O)C1CCC1. The van der Waals surface area contributed by atoms with Crippen LogP contribution in [0.3, 0.4) is 0 Å². The fraction of sp³-hybridized carbons (Fsp3) is 0.333. The molecule has 0 radical (unpaired) electrons. The van der Waals surface area contributed by atoms with Crippen molar-refractivity contribution in [2.75, 3.05) is 0 Å². The van der Waals surface area contributed by atoms with Crippen molar-refractivity contribution >= 4 is 0 Å². The first kappa shape index (κ1) is 14.1. The highest BCUT2D eigenvalue weighted by Crippen LogP contribution is 2.34. The number of rotatable bonds is 5. The van der Waals surface area contributed by atoms with E-state index in [0.717, 1.165) is 29.9 Å². The average molecular weight is 283 g/mol. The number of aliphatic hydroxyl groups is 1. The van der Waals surface area contributed by atoms with Crippen LogP contribution in [0.2, 0.25) is 0 Å². The van der Waals surface area contributed by atoms with Crippen LogP contribution in [0.4, 0.5) is 0 Å². The second-order valence-corrected chi connectivity index (χ2v) is 5.69. The molecule has 2 aromatic carbocycles. The number of aliphatic hydroxyl groups excluding tert-OH is 1. The lowest BCUT2D eigenvalue weighted by Crippen LogP contribution is -2.36. The van der Waals surface area contributed by atoms with Crippen LogP contribution in [0.1, 0.15) is 30.9 Å². The Balaban J connectivity index is 1.66. The molecule has 3 heteroatoms. The Morgan fingerprint density at radius 2 is 1.57 bits per heavy atom. The summed E-state index contributed by atoms with van der Waals surface area (Å²) < 4.78 is 5.75. The zero-order valence-electron chi connectivity index (χ0n) is 12.0. The highest BCUT2D eigenvalue weighted by molar-refractivity contribution is 5.34. The largest absolute Gasteiger partial charge is 0.457 e. The fourth-order valence-electron chi connectivity index (χ4n) is 2.65. The second-order valence-electron chi connectivity index (χ2n) is 5.69. The number of nitrogens with two attached hydrogens (primary N) is 1. The molecule has 0 amide bonds. The normalized spacial score (nSPS) is 17.8. The Hall–Kier alpha value is -1.84. The van der Waals surface area contributed by atoms with E-state index < -0.39 is 6.10 Å². The molecule has 3 N–H and O–H groups in total. The average Bonchev–Trinajstić information content (AvgIpc) is 2.46. The van der Waals surface area contributed by atoms with Gasteiger partial charge in [-0.1, -0.05) is 36.8 Å².